The van der Waals surface area contributed by atoms with Gasteiger partial charge in [0.25, 0.3) is 0 Å². The van der Waals surface area contributed by atoms with Crippen LogP contribution >= 0.6 is 27.5 Å². The molecule has 0 saturated carbocycles. The summed E-state index contributed by atoms with van der Waals surface area (Å²) in [6.45, 7) is 0.338. The van der Waals surface area contributed by atoms with Gasteiger partial charge >= 0.3 is 0 Å². The van der Waals surface area contributed by atoms with Crippen LogP contribution in [0.25, 0.3) is 0 Å². The summed E-state index contributed by atoms with van der Waals surface area (Å²) in [5, 5.41) is 3.40. The molecule has 20 heavy (non-hydrogen) atoms. The summed E-state index contributed by atoms with van der Waals surface area (Å²) >= 11 is 9.20. The van der Waals surface area contributed by atoms with E-state index in [0.29, 0.717) is 17.3 Å². The van der Waals surface area contributed by atoms with Gasteiger partial charge in [0.15, 0.2) is 0 Å². The third kappa shape index (κ3) is 4.54. The topological polar surface area (TPSA) is 38.3 Å². The molecule has 104 valence electrons. The van der Waals surface area contributed by atoms with E-state index in [0.717, 1.165) is 10.2 Å². The summed E-state index contributed by atoms with van der Waals surface area (Å²) in [7, 11) is 0. The second-order valence-electron chi connectivity index (χ2n) is 4.09. The summed E-state index contributed by atoms with van der Waals surface area (Å²) in [5.41, 5.74) is 0.700. The average molecular weight is 355 g/mol. The molecule has 0 aliphatic carbocycles. The highest BCUT2D eigenvalue weighted by atomic mass is 79.9. The van der Waals surface area contributed by atoms with E-state index in [1.165, 1.54) is 0 Å². The predicted octanol–water partition coefficient (Wildman–Crippen LogP) is 4.51. The van der Waals surface area contributed by atoms with Crippen molar-refractivity contribution in [1.82, 2.24) is 0 Å². The number of nitrogens with one attached hydrogen (secondary N) is 1. The molecule has 2 rings (SSSR count). The molecule has 0 radical (unpaired) electrons. The van der Waals surface area contributed by atoms with Gasteiger partial charge in [-0.3, -0.25) is 4.79 Å². The SMILES string of the molecule is O=C(CCOc1ccccc1)Nc1ccc(Cl)c(Br)c1. The van der Waals surface area contributed by atoms with Crippen LogP contribution in [0.1, 0.15) is 6.42 Å². The number of hydrogen-bond acceptors (Lipinski definition) is 2. The maximum atomic E-state index is 11.8. The standard InChI is InChI=1S/C15H13BrClNO2/c16-13-10-11(6-7-14(13)17)18-15(19)8-9-20-12-4-2-1-3-5-12/h1-7,10H,8-9H2,(H,18,19). The van der Waals surface area contributed by atoms with Gasteiger partial charge in [-0.15, -0.1) is 0 Å². The van der Waals surface area contributed by atoms with E-state index in [9.17, 15) is 4.79 Å². The largest absolute Gasteiger partial charge is 0.493 e. The van der Waals surface area contributed by atoms with E-state index in [2.05, 4.69) is 21.2 Å². The molecule has 0 fully saturated rings. The van der Waals surface area contributed by atoms with Crippen LogP contribution in [0.5, 0.6) is 5.75 Å². The summed E-state index contributed by atoms with van der Waals surface area (Å²) in [6.07, 6.45) is 0.287. The lowest BCUT2D eigenvalue weighted by molar-refractivity contribution is -0.116. The number of anilines is 1. The Labute approximate surface area is 131 Å². The van der Waals surface area contributed by atoms with Crippen molar-refractivity contribution < 1.29 is 9.53 Å². The van der Waals surface area contributed by atoms with Gasteiger partial charge in [-0.2, -0.15) is 0 Å². The highest BCUT2D eigenvalue weighted by molar-refractivity contribution is 9.10. The average Bonchev–Trinajstić information content (AvgIpc) is 2.44. The number of carbonyl (C=O) groups excluding carboxylic acids is 1. The van der Waals surface area contributed by atoms with Crippen LogP contribution in [0.4, 0.5) is 5.69 Å². The van der Waals surface area contributed by atoms with Crippen LogP contribution in [0, 0.1) is 0 Å². The lowest BCUT2D eigenvalue weighted by Crippen LogP contribution is -2.15. The molecule has 0 aliphatic heterocycles. The number of halogens is 2. The third-order valence-corrected chi connectivity index (χ3v) is 3.76. The maximum absolute atomic E-state index is 11.8. The summed E-state index contributed by atoms with van der Waals surface area (Å²) < 4.78 is 6.21. The first kappa shape index (κ1) is 14.9. The Bertz CT molecular complexity index is 590. The first-order valence-corrected chi connectivity index (χ1v) is 7.25. The minimum Gasteiger partial charge on any atom is -0.493 e. The molecule has 2 aromatic carbocycles. The van der Waals surface area contributed by atoms with E-state index in [1.807, 2.05) is 30.3 Å². The summed E-state index contributed by atoms with van der Waals surface area (Å²) in [6, 6.07) is 14.6. The van der Waals surface area contributed by atoms with Gasteiger partial charge < -0.3 is 10.1 Å². The molecule has 0 unspecified atom stereocenters. The minimum atomic E-state index is -0.102. The number of hydrogen-bond donors (Lipinski definition) is 1. The molecule has 5 heteroatoms. The minimum absolute atomic E-state index is 0.102. The number of para-hydroxylation sites is 1. The molecule has 0 aliphatic rings. The highest BCUT2D eigenvalue weighted by Crippen LogP contribution is 2.25. The van der Waals surface area contributed by atoms with Gasteiger partial charge in [0.2, 0.25) is 5.91 Å². The van der Waals surface area contributed by atoms with Gasteiger partial charge in [-0.05, 0) is 46.3 Å². The molecule has 3 nitrogen and oxygen atoms in total. The summed E-state index contributed by atoms with van der Waals surface area (Å²) in [4.78, 5) is 11.8. The second kappa shape index (κ2) is 7.31. The lowest BCUT2D eigenvalue weighted by atomic mass is 10.3. The van der Waals surface area contributed by atoms with Crippen LogP contribution in [0.2, 0.25) is 5.02 Å². The number of rotatable bonds is 5. The number of ether oxygens (including phenoxy) is 1. The van der Waals surface area contributed by atoms with Crippen LogP contribution in [-0.2, 0) is 4.79 Å². The molecule has 1 amide bonds. The molecule has 2 aromatic rings. The van der Waals surface area contributed by atoms with Crippen LogP contribution in [0.3, 0.4) is 0 Å². The molecular weight excluding hydrogens is 342 g/mol. The Morgan fingerprint density at radius 2 is 1.95 bits per heavy atom. The molecule has 0 heterocycles. The first-order chi connectivity index (χ1) is 9.65. The van der Waals surface area contributed by atoms with Gasteiger partial charge in [0, 0.05) is 10.2 Å². The number of amides is 1. The fourth-order valence-corrected chi connectivity index (χ4v) is 2.07. The number of carbonyl (C=O) groups is 1. The fraction of sp³-hybridized carbons (Fsp3) is 0.133. The Balaban J connectivity index is 1.79. The maximum Gasteiger partial charge on any atom is 0.227 e. The Morgan fingerprint density at radius 1 is 1.20 bits per heavy atom. The normalized spacial score (nSPS) is 10.1. The Hall–Kier alpha value is -1.52. The summed E-state index contributed by atoms with van der Waals surface area (Å²) in [5.74, 6) is 0.657. The molecular formula is C15H13BrClNO2. The molecule has 0 saturated heterocycles. The van der Waals surface area contributed by atoms with E-state index < -0.39 is 0 Å². The molecule has 0 bridgehead atoms. The van der Waals surface area contributed by atoms with E-state index in [4.69, 9.17) is 16.3 Å². The van der Waals surface area contributed by atoms with Crippen molar-refractivity contribution in [1.29, 1.82) is 0 Å². The van der Waals surface area contributed by atoms with Crippen molar-refractivity contribution in [2.75, 3.05) is 11.9 Å². The van der Waals surface area contributed by atoms with Gasteiger partial charge in [0.1, 0.15) is 5.75 Å². The zero-order valence-corrected chi connectivity index (χ0v) is 12.9. The van der Waals surface area contributed by atoms with Crippen molar-refractivity contribution in [3.63, 3.8) is 0 Å². The molecule has 0 aromatic heterocycles. The zero-order valence-electron chi connectivity index (χ0n) is 10.6. The molecule has 0 spiro atoms. The van der Waals surface area contributed by atoms with Crippen molar-refractivity contribution in [2.45, 2.75) is 6.42 Å². The smallest absolute Gasteiger partial charge is 0.227 e. The van der Waals surface area contributed by atoms with Crippen molar-refractivity contribution in [3.8, 4) is 5.75 Å². The van der Waals surface area contributed by atoms with Crippen molar-refractivity contribution in [2.24, 2.45) is 0 Å². The van der Waals surface area contributed by atoms with E-state index >= 15 is 0 Å². The van der Waals surface area contributed by atoms with Crippen molar-refractivity contribution in [3.05, 3.63) is 58.0 Å². The monoisotopic (exact) mass is 353 g/mol. The van der Waals surface area contributed by atoms with E-state index in [1.54, 1.807) is 18.2 Å². The van der Waals surface area contributed by atoms with Gasteiger partial charge in [0.05, 0.1) is 18.1 Å². The highest BCUT2D eigenvalue weighted by Gasteiger charge is 2.05. The zero-order chi connectivity index (χ0) is 14.4. The van der Waals surface area contributed by atoms with Gasteiger partial charge in [-0.1, -0.05) is 29.8 Å². The van der Waals surface area contributed by atoms with Crippen LogP contribution < -0.4 is 10.1 Å². The second-order valence-corrected chi connectivity index (χ2v) is 5.35. The molecule has 0 atom stereocenters. The molecule has 1 N–H and O–H groups in total. The quantitative estimate of drug-likeness (QED) is 0.858. The van der Waals surface area contributed by atoms with E-state index in [-0.39, 0.29) is 12.3 Å². The van der Waals surface area contributed by atoms with Crippen molar-refractivity contribution >= 4 is 39.1 Å². The Morgan fingerprint density at radius 3 is 2.65 bits per heavy atom. The van der Waals surface area contributed by atoms with Gasteiger partial charge in [-0.25, -0.2) is 0 Å². The van der Waals surface area contributed by atoms with Crippen LogP contribution in [-0.4, -0.2) is 12.5 Å². The lowest BCUT2D eigenvalue weighted by Gasteiger charge is -2.08. The predicted molar refractivity (Wildman–Crippen MR) is 84.3 cm³/mol. The Kier molecular flexibility index (Phi) is 5.44. The third-order valence-electron chi connectivity index (χ3n) is 2.54. The number of benzene rings is 2. The van der Waals surface area contributed by atoms with Crippen LogP contribution in [0.15, 0.2) is 53.0 Å². The fourth-order valence-electron chi connectivity index (χ4n) is 1.58. The first-order valence-electron chi connectivity index (χ1n) is 6.08.